The predicted molar refractivity (Wildman–Crippen MR) is 48.5 cm³/mol. The lowest BCUT2D eigenvalue weighted by atomic mass is 10.1. The minimum atomic E-state index is -3.74. The molecule has 1 heterocycles. The molecule has 1 saturated heterocycles. The van der Waals surface area contributed by atoms with Gasteiger partial charge in [-0.05, 0) is 25.7 Å². The standard InChI is InChI=1S/C8H16O4S/c1-3-7-5-6-8(4-2)12-13(9,10)11-7/h7-8H,3-6H2,1-2H3. The summed E-state index contributed by atoms with van der Waals surface area (Å²) in [5.41, 5.74) is 0. The fourth-order valence-electron chi connectivity index (χ4n) is 1.37. The highest BCUT2D eigenvalue weighted by Gasteiger charge is 2.27. The molecule has 1 fully saturated rings. The fraction of sp³-hybridized carbons (Fsp3) is 1.00. The Kier molecular flexibility index (Phi) is 3.70. The van der Waals surface area contributed by atoms with Crippen LogP contribution in [0.25, 0.3) is 0 Å². The van der Waals surface area contributed by atoms with E-state index < -0.39 is 10.4 Å². The second-order valence-electron chi connectivity index (χ2n) is 3.24. The van der Waals surface area contributed by atoms with Gasteiger partial charge in [0.05, 0.1) is 12.2 Å². The van der Waals surface area contributed by atoms with Crippen molar-refractivity contribution in [3.8, 4) is 0 Å². The Balaban J connectivity index is 2.69. The highest BCUT2D eigenvalue weighted by molar-refractivity contribution is 7.81. The molecular weight excluding hydrogens is 192 g/mol. The monoisotopic (exact) mass is 208 g/mol. The van der Waals surface area contributed by atoms with Crippen LogP contribution in [0.1, 0.15) is 39.5 Å². The van der Waals surface area contributed by atoms with Gasteiger partial charge in [-0.15, -0.1) is 0 Å². The summed E-state index contributed by atoms with van der Waals surface area (Å²) < 4.78 is 32.0. The van der Waals surface area contributed by atoms with Gasteiger partial charge < -0.3 is 0 Å². The zero-order valence-electron chi connectivity index (χ0n) is 8.02. The molecule has 0 aromatic heterocycles. The van der Waals surface area contributed by atoms with Crippen molar-refractivity contribution in [1.82, 2.24) is 0 Å². The van der Waals surface area contributed by atoms with Gasteiger partial charge in [0, 0.05) is 0 Å². The molecular formula is C8H16O4S. The van der Waals surface area contributed by atoms with Crippen molar-refractivity contribution in [2.75, 3.05) is 0 Å². The summed E-state index contributed by atoms with van der Waals surface area (Å²) in [7, 11) is -3.74. The first-order valence-corrected chi connectivity index (χ1v) is 6.02. The summed E-state index contributed by atoms with van der Waals surface area (Å²) in [5.74, 6) is 0. The van der Waals surface area contributed by atoms with Crippen LogP contribution >= 0.6 is 0 Å². The van der Waals surface area contributed by atoms with E-state index in [9.17, 15) is 8.42 Å². The van der Waals surface area contributed by atoms with Crippen LogP contribution in [-0.2, 0) is 18.8 Å². The molecule has 78 valence electrons. The Morgan fingerprint density at radius 1 is 1.08 bits per heavy atom. The molecule has 2 unspecified atom stereocenters. The van der Waals surface area contributed by atoms with Crippen molar-refractivity contribution in [2.45, 2.75) is 51.7 Å². The molecule has 5 heteroatoms. The van der Waals surface area contributed by atoms with Crippen LogP contribution in [-0.4, -0.2) is 20.6 Å². The van der Waals surface area contributed by atoms with Crippen molar-refractivity contribution in [3.05, 3.63) is 0 Å². The quantitative estimate of drug-likeness (QED) is 0.692. The Hall–Kier alpha value is -0.130. The van der Waals surface area contributed by atoms with Crippen molar-refractivity contribution in [2.24, 2.45) is 0 Å². The average molecular weight is 208 g/mol. The van der Waals surface area contributed by atoms with Gasteiger partial charge in [-0.3, -0.25) is 0 Å². The first-order chi connectivity index (χ1) is 6.07. The molecule has 1 aliphatic rings. The van der Waals surface area contributed by atoms with Gasteiger partial charge in [0.2, 0.25) is 0 Å². The zero-order valence-corrected chi connectivity index (χ0v) is 8.84. The van der Waals surface area contributed by atoms with E-state index in [1.807, 2.05) is 13.8 Å². The fourth-order valence-corrected chi connectivity index (χ4v) is 2.54. The molecule has 0 N–H and O–H groups in total. The zero-order chi connectivity index (χ0) is 9.90. The van der Waals surface area contributed by atoms with Crippen molar-refractivity contribution in [3.63, 3.8) is 0 Å². The lowest BCUT2D eigenvalue weighted by molar-refractivity contribution is 0.159. The molecule has 0 saturated carbocycles. The highest BCUT2D eigenvalue weighted by atomic mass is 32.3. The molecule has 2 atom stereocenters. The molecule has 0 bridgehead atoms. The van der Waals surface area contributed by atoms with Crippen molar-refractivity contribution >= 4 is 10.4 Å². The van der Waals surface area contributed by atoms with Crippen LogP contribution in [0.4, 0.5) is 0 Å². The van der Waals surface area contributed by atoms with E-state index in [-0.39, 0.29) is 12.2 Å². The minimum absolute atomic E-state index is 0.207. The van der Waals surface area contributed by atoms with Gasteiger partial charge in [-0.1, -0.05) is 13.8 Å². The first-order valence-electron chi connectivity index (χ1n) is 4.69. The Morgan fingerprint density at radius 3 is 1.77 bits per heavy atom. The topological polar surface area (TPSA) is 52.6 Å². The average Bonchev–Trinajstić information content (AvgIpc) is 2.23. The van der Waals surface area contributed by atoms with Gasteiger partial charge in [0.25, 0.3) is 0 Å². The minimum Gasteiger partial charge on any atom is -0.245 e. The first kappa shape index (κ1) is 10.9. The maximum Gasteiger partial charge on any atom is 0.400 e. The summed E-state index contributed by atoms with van der Waals surface area (Å²) in [6.07, 6.45) is 2.52. The highest BCUT2D eigenvalue weighted by Crippen LogP contribution is 2.22. The SMILES string of the molecule is CCC1CCC(CC)OS(=O)(=O)O1. The van der Waals surface area contributed by atoms with Crippen molar-refractivity contribution in [1.29, 1.82) is 0 Å². The van der Waals surface area contributed by atoms with Crippen LogP contribution in [0.15, 0.2) is 0 Å². The molecule has 13 heavy (non-hydrogen) atoms. The molecule has 0 radical (unpaired) electrons. The molecule has 1 rings (SSSR count). The molecule has 0 spiro atoms. The smallest absolute Gasteiger partial charge is 0.245 e. The van der Waals surface area contributed by atoms with E-state index in [0.717, 1.165) is 12.8 Å². The van der Waals surface area contributed by atoms with Crippen molar-refractivity contribution < 1.29 is 16.8 Å². The van der Waals surface area contributed by atoms with E-state index in [0.29, 0.717) is 12.8 Å². The summed E-state index contributed by atoms with van der Waals surface area (Å²) >= 11 is 0. The second kappa shape index (κ2) is 4.39. The second-order valence-corrected chi connectivity index (χ2v) is 4.44. The van der Waals surface area contributed by atoms with Gasteiger partial charge in [-0.2, -0.15) is 8.42 Å². The Labute approximate surface area is 79.6 Å². The summed E-state index contributed by atoms with van der Waals surface area (Å²) in [5, 5.41) is 0. The summed E-state index contributed by atoms with van der Waals surface area (Å²) in [6.45, 7) is 3.82. The third-order valence-electron chi connectivity index (χ3n) is 2.23. The largest absolute Gasteiger partial charge is 0.400 e. The third kappa shape index (κ3) is 3.25. The predicted octanol–water partition coefficient (Wildman–Crippen LogP) is 1.62. The van der Waals surface area contributed by atoms with Crippen LogP contribution in [0.2, 0.25) is 0 Å². The summed E-state index contributed by atoms with van der Waals surface area (Å²) in [6, 6.07) is 0. The van der Waals surface area contributed by atoms with E-state index in [2.05, 4.69) is 0 Å². The number of rotatable bonds is 2. The third-order valence-corrected chi connectivity index (χ3v) is 3.24. The normalized spacial score (nSPS) is 34.0. The lowest BCUT2D eigenvalue weighted by Crippen LogP contribution is -2.17. The van der Waals surface area contributed by atoms with E-state index in [4.69, 9.17) is 8.37 Å². The van der Waals surface area contributed by atoms with Crippen LogP contribution in [0.5, 0.6) is 0 Å². The molecule has 1 aliphatic heterocycles. The molecule has 0 amide bonds. The van der Waals surface area contributed by atoms with Gasteiger partial charge in [0.1, 0.15) is 0 Å². The van der Waals surface area contributed by atoms with Crippen LogP contribution in [0, 0.1) is 0 Å². The Bertz CT molecular complexity index is 227. The maximum absolute atomic E-state index is 11.2. The Morgan fingerprint density at radius 2 is 1.46 bits per heavy atom. The number of hydrogen-bond acceptors (Lipinski definition) is 4. The van der Waals surface area contributed by atoms with Gasteiger partial charge in [-0.25, -0.2) is 8.37 Å². The van der Waals surface area contributed by atoms with E-state index in [1.165, 1.54) is 0 Å². The molecule has 0 aliphatic carbocycles. The molecule has 0 aromatic rings. The number of hydrogen-bond donors (Lipinski definition) is 0. The van der Waals surface area contributed by atoms with Gasteiger partial charge in [0.15, 0.2) is 0 Å². The molecule has 0 aromatic carbocycles. The van der Waals surface area contributed by atoms with Crippen LogP contribution < -0.4 is 0 Å². The van der Waals surface area contributed by atoms with Crippen LogP contribution in [0.3, 0.4) is 0 Å². The van der Waals surface area contributed by atoms with E-state index >= 15 is 0 Å². The van der Waals surface area contributed by atoms with E-state index in [1.54, 1.807) is 0 Å². The summed E-state index contributed by atoms with van der Waals surface area (Å²) in [4.78, 5) is 0. The maximum atomic E-state index is 11.2. The lowest BCUT2D eigenvalue weighted by Gasteiger charge is -2.09. The van der Waals surface area contributed by atoms with Gasteiger partial charge >= 0.3 is 10.4 Å². The molecule has 4 nitrogen and oxygen atoms in total.